The highest BCUT2D eigenvalue weighted by Crippen LogP contribution is 2.08. The quantitative estimate of drug-likeness (QED) is 0.0416. The Balaban J connectivity index is 4.50. The summed E-state index contributed by atoms with van der Waals surface area (Å²) >= 11 is 0. The van der Waals surface area contributed by atoms with Gasteiger partial charge in [0, 0.05) is 104 Å². The lowest BCUT2D eigenvalue weighted by Gasteiger charge is -2.23. The van der Waals surface area contributed by atoms with Gasteiger partial charge in [-0.3, -0.25) is 19.2 Å². The van der Waals surface area contributed by atoms with E-state index in [0.717, 1.165) is 58.3 Å². The lowest BCUT2D eigenvalue weighted by Crippen LogP contribution is -2.36. The molecule has 0 aromatic carbocycles. The van der Waals surface area contributed by atoms with Crippen LogP contribution in [0.3, 0.4) is 0 Å². The lowest BCUT2D eigenvalue weighted by molar-refractivity contribution is -0.122. The Kier molecular flexibility index (Phi) is 31.9. The molecule has 0 aliphatic carbocycles. The number of carbonyl (C=O) groups is 4. The maximum Gasteiger partial charge on any atom is 0.221 e. The Morgan fingerprint density at radius 2 is 0.787 bits per heavy atom. The minimum Gasteiger partial charge on any atom is -0.355 e. The van der Waals surface area contributed by atoms with Crippen molar-refractivity contribution in [3.63, 3.8) is 0 Å². The number of carbonyl (C=O) groups excluding carboxylic acids is 4. The molecular formula is C33H70N10O4. The van der Waals surface area contributed by atoms with E-state index >= 15 is 0 Å². The van der Waals surface area contributed by atoms with Gasteiger partial charge in [0.05, 0.1) is 0 Å². The normalized spacial score (nSPS) is 11.2. The highest BCUT2D eigenvalue weighted by atomic mass is 16.2. The number of hydrogen-bond acceptors (Lipinski definition) is 10. The molecule has 0 unspecified atom stereocenters. The molecule has 0 heterocycles. The van der Waals surface area contributed by atoms with Crippen molar-refractivity contribution in [1.29, 1.82) is 0 Å². The van der Waals surface area contributed by atoms with Crippen molar-refractivity contribution in [1.82, 2.24) is 36.4 Å². The fourth-order valence-corrected chi connectivity index (χ4v) is 5.02. The molecule has 0 saturated carbocycles. The van der Waals surface area contributed by atoms with E-state index in [1.165, 1.54) is 25.7 Å². The van der Waals surface area contributed by atoms with Crippen LogP contribution in [0, 0.1) is 0 Å². The van der Waals surface area contributed by atoms with Crippen LogP contribution in [-0.4, -0.2) is 132 Å². The largest absolute Gasteiger partial charge is 0.355 e. The Morgan fingerprint density at radius 3 is 1.19 bits per heavy atom. The van der Waals surface area contributed by atoms with Gasteiger partial charge in [-0.1, -0.05) is 45.4 Å². The van der Waals surface area contributed by atoms with Crippen molar-refractivity contribution < 1.29 is 19.2 Å². The van der Waals surface area contributed by atoms with Crippen LogP contribution in [0.25, 0.3) is 0 Å². The summed E-state index contributed by atoms with van der Waals surface area (Å²) in [6, 6.07) is 0. The summed E-state index contributed by atoms with van der Waals surface area (Å²) in [4.78, 5) is 52.9. The molecule has 0 aliphatic rings. The fourth-order valence-electron chi connectivity index (χ4n) is 5.02. The maximum atomic E-state index is 12.5. The van der Waals surface area contributed by atoms with E-state index in [4.69, 9.17) is 17.2 Å². The standard InChI is InChI=1S/C33H70N10O4/c1-2-3-4-5-8-24-42(27-12-33(47)41-23-22-37-18-11-30(44)38-19-15-34)25-9-6-7-10-26-43(28-13-31(45)39-20-16-35)29-14-32(46)40-21-17-36/h37H,2-29,34-36H2,1H3,(H,38,44)(H,39,45)(H,40,46)(H,41,47). The average molecular weight is 671 g/mol. The predicted octanol–water partition coefficient (Wildman–Crippen LogP) is -0.388. The van der Waals surface area contributed by atoms with Gasteiger partial charge in [0.1, 0.15) is 0 Å². The molecule has 4 amide bonds. The summed E-state index contributed by atoms with van der Waals surface area (Å²) in [6.45, 7) is 11.4. The second-order valence-electron chi connectivity index (χ2n) is 12.0. The molecular weight excluding hydrogens is 600 g/mol. The van der Waals surface area contributed by atoms with Gasteiger partial charge in [-0.15, -0.1) is 0 Å². The highest BCUT2D eigenvalue weighted by molar-refractivity contribution is 5.77. The minimum atomic E-state index is -0.0240. The Hall–Kier alpha value is -2.36. The van der Waals surface area contributed by atoms with Crippen molar-refractivity contribution in [2.45, 2.75) is 90.4 Å². The van der Waals surface area contributed by atoms with Crippen LogP contribution >= 0.6 is 0 Å². The van der Waals surface area contributed by atoms with E-state index in [0.29, 0.717) is 97.7 Å². The number of nitrogens with two attached hydrogens (primary N) is 3. The second kappa shape index (κ2) is 33.5. The van der Waals surface area contributed by atoms with Crippen molar-refractivity contribution in [3.8, 4) is 0 Å². The summed E-state index contributed by atoms with van der Waals surface area (Å²) < 4.78 is 0. The predicted molar refractivity (Wildman–Crippen MR) is 191 cm³/mol. The third-order valence-electron chi connectivity index (χ3n) is 7.79. The summed E-state index contributed by atoms with van der Waals surface area (Å²) in [7, 11) is 0. The molecule has 14 nitrogen and oxygen atoms in total. The van der Waals surface area contributed by atoms with Crippen LogP contribution in [-0.2, 0) is 19.2 Å². The van der Waals surface area contributed by atoms with Gasteiger partial charge in [-0.2, -0.15) is 0 Å². The van der Waals surface area contributed by atoms with Gasteiger partial charge in [-0.25, -0.2) is 0 Å². The van der Waals surface area contributed by atoms with Crippen molar-refractivity contribution in [2.24, 2.45) is 17.2 Å². The smallest absolute Gasteiger partial charge is 0.221 e. The molecule has 11 N–H and O–H groups in total. The van der Waals surface area contributed by atoms with E-state index in [2.05, 4.69) is 43.3 Å². The average Bonchev–Trinajstić information content (AvgIpc) is 3.07. The molecule has 14 heteroatoms. The van der Waals surface area contributed by atoms with Gasteiger partial charge < -0.3 is 53.6 Å². The maximum absolute atomic E-state index is 12.5. The molecule has 276 valence electrons. The van der Waals surface area contributed by atoms with E-state index < -0.39 is 0 Å². The Labute approximate surface area is 284 Å². The second-order valence-corrected chi connectivity index (χ2v) is 12.0. The van der Waals surface area contributed by atoms with E-state index in [1.807, 2.05) is 0 Å². The van der Waals surface area contributed by atoms with E-state index in [-0.39, 0.29) is 23.6 Å². The van der Waals surface area contributed by atoms with Gasteiger partial charge >= 0.3 is 0 Å². The van der Waals surface area contributed by atoms with Gasteiger partial charge in [-0.05, 0) is 38.9 Å². The molecule has 0 atom stereocenters. The first kappa shape index (κ1) is 44.6. The molecule has 0 spiro atoms. The number of hydrogen-bond donors (Lipinski definition) is 8. The zero-order valence-corrected chi connectivity index (χ0v) is 29.6. The van der Waals surface area contributed by atoms with Crippen molar-refractivity contribution >= 4 is 23.6 Å². The molecule has 0 rings (SSSR count). The number of rotatable bonds is 34. The zero-order chi connectivity index (χ0) is 34.8. The first-order valence-electron chi connectivity index (χ1n) is 18.2. The van der Waals surface area contributed by atoms with Gasteiger partial charge in [0.2, 0.25) is 23.6 Å². The third-order valence-corrected chi connectivity index (χ3v) is 7.79. The zero-order valence-electron chi connectivity index (χ0n) is 29.6. The fraction of sp³-hybridized carbons (Fsp3) is 0.879. The van der Waals surface area contributed by atoms with Crippen molar-refractivity contribution in [2.75, 3.05) is 98.2 Å². The Morgan fingerprint density at radius 1 is 0.426 bits per heavy atom. The molecule has 0 aromatic heterocycles. The first-order chi connectivity index (χ1) is 22.9. The monoisotopic (exact) mass is 671 g/mol. The molecule has 0 saturated heterocycles. The number of amides is 4. The molecule has 0 bridgehead atoms. The molecule has 0 aliphatic heterocycles. The van der Waals surface area contributed by atoms with Crippen LogP contribution in [0.2, 0.25) is 0 Å². The van der Waals surface area contributed by atoms with Crippen LogP contribution in [0.4, 0.5) is 0 Å². The van der Waals surface area contributed by atoms with Crippen LogP contribution in [0.1, 0.15) is 90.4 Å². The summed E-state index contributed by atoms with van der Waals surface area (Å²) in [5.74, 6) is -0.0114. The SMILES string of the molecule is CCCCCCCN(CCCCCCN(CCC(=O)NCCN)CCC(=O)NCCN)CCC(=O)NCCNCCC(=O)NCCN. The van der Waals surface area contributed by atoms with Gasteiger partial charge in [0.15, 0.2) is 0 Å². The summed E-state index contributed by atoms with van der Waals surface area (Å²) in [6.07, 6.45) is 12.0. The third kappa shape index (κ3) is 30.7. The Bertz CT molecular complexity index is 767. The van der Waals surface area contributed by atoms with Crippen LogP contribution in [0.15, 0.2) is 0 Å². The topological polar surface area (TPSA) is 213 Å². The molecule has 47 heavy (non-hydrogen) atoms. The minimum absolute atomic E-state index is 0.0201. The number of nitrogens with zero attached hydrogens (tertiary/aromatic N) is 2. The lowest BCUT2D eigenvalue weighted by atomic mass is 10.1. The van der Waals surface area contributed by atoms with Crippen LogP contribution in [0.5, 0.6) is 0 Å². The first-order valence-corrected chi connectivity index (χ1v) is 18.2. The number of nitrogens with one attached hydrogen (secondary N) is 5. The number of unbranched alkanes of at least 4 members (excludes halogenated alkanes) is 7. The van der Waals surface area contributed by atoms with Crippen LogP contribution < -0.4 is 43.8 Å². The summed E-state index contributed by atoms with van der Waals surface area (Å²) in [5.41, 5.74) is 16.4. The molecule has 0 radical (unpaired) electrons. The van der Waals surface area contributed by atoms with Gasteiger partial charge in [0.25, 0.3) is 0 Å². The molecule has 0 fully saturated rings. The van der Waals surface area contributed by atoms with E-state index in [9.17, 15) is 19.2 Å². The van der Waals surface area contributed by atoms with E-state index in [1.54, 1.807) is 0 Å². The van der Waals surface area contributed by atoms with Crippen molar-refractivity contribution in [3.05, 3.63) is 0 Å². The molecule has 0 aromatic rings. The highest BCUT2D eigenvalue weighted by Gasteiger charge is 2.12. The summed E-state index contributed by atoms with van der Waals surface area (Å²) in [5, 5.41) is 14.5.